The number of hydrogen-bond donors (Lipinski definition) is 6. The van der Waals surface area contributed by atoms with E-state index in [0.29, 0.717) is 127 Å². The maximum atomic E-state index is 13.2. The molecule has 6 N–H and O–H groups in total. The zero-order chi connectivity index (χ0) is 89.1. The van der Waals surface area contributed by atoms with Gasteiger partial charge in [0.2, 0.25) is 45.6 Å². The molecule has 6 heterocycles. The van der Waals surface area contributed by atoms with E-state index in [2.05, 4.69) is 91.3 Å². The Hall–Kier alpha value is -13.5. The van der Waals surface area contributed by atoms with E-state index in [1.165, 1.54) is 50.8 Å². The van der Waals surface area contributed by atoms with Gasteiger partial charge in [-0.15, -0.1) is 0 Å². The second kappa shape index (κ2) is 41.2. The second-order valence-corrected chi connectivity index (χ2v) is 31.9. The summed E-state index contributed by atoms with van der Waals surface area (Å²) < 4.78 is 113. The number of benzene rings is 6. The van der Waals surface area contributed by atoms with Gasteiger partial charge in [-0.25, -0.2) is 51.1 Å². The number of anilines is 12. The number of halogens is 5. The minimum Gasteiger partial charge on any atom is -0.494 e. The topological polar surface area (TPSA) is 297 Å². The Labute approximate surface area is 711 Å². The quantitative estimate of drug-likeness (QED) is 0.0159. The number of para-hydroxylation sites is 3. The number of nitrogens with one attached hydrogen (secondary N) is 6. The van der Waals surface area contributed by atoms with Gasteiger partial charge in [-0.2, -0.15) is 13.2 Å². The standard InChI is InChI=1S/C30H37N7O4S.C29H32F3N7O2.C29H33F2N7O2/c1-8-29(38)32-24-17-25(28(41-7)18-27(24)36(6)16-15-35(4)5)34-30-31-14-13-23(33-30)22-19-37(42(39,40)20(2)3)26-12-10-9-11-21(22)26;1-6-27(40)34-22-15-23(26(41-5)16-25(22)38(4)14-13-37(2)3)36-28-33-12-11-21(35-28)20-17-39(18-29(30,31)32)24-10-8-7-9-19(20)24;1-6-28(39)33-22-15-23(26(40-5)16-25(22)37(4)14-13-36(2)3)35-29-32-12-11-21(34-29)20-17-38(18-27(30)31)24-10-8-7-9-19(20)24/h8-14,17-20H,1,15-16H2,2-7H3,(H,32,38)(H,31,33,34);6-12,15-17H,1,13-14,18H2,2-5H3,(H,34,40)(H,33,35,36);6-12,15-17,27H,1,13-14,18H2,2-5H3,(H,33,39)(H,32,34,35). The largest absolute Gasteiger partial charge is 0.494 e. The summed E-state index contributed by atoms with van der Waals surface area (Å²) in [6, 6.07) is 37.4. The summed E-state index contributed by atoms with van der Waals surface area (Å²) in [5.74, 6) is 1.18. The molecule has 0 bridgehead atoms. The molecule has 0 radical (unpaired) electrons. The molecule has 0 fully saturated rings. The molecular weight excluding hydrogens is 1610 g/mol. The average Bonchev–Trinajstić information content (AvgIpc) is 1.62. The minimum absolute atomic E-state index is 0.197. The van der Waals surface area contributed by atoms with E-state index >= 15 is 0 Å². The molecule has 648 valence electrons. The van der Waals surface area contributed by atoms with E-state index in [0.717, 1.165) is 47.5 Å². The highest BCUT2D eigenvalue weighted by Gasteiger charge is 2.31. The SMILES string of the molecule is C=CC(=O)Nc1cc(Nc2nccc(-c3cn(CC(F)(F)F)c4ccccc34)n2)c(OC)cc1N(C)CCN(C)C.C=CC(=O)Nc1cc(Nc2nccc(-c3cn(CC(F)F)c4ccccc34)n2)c(OC)cc1N(C)CCN(C)C.C=CC(=O)Nc1cc(Nc2nccc(-c3cn(S(=O)(=O)C(C)C)c4ccccc34)n2)c(OC)cc1N(C)CCN(C)C. The van der Waals surface area contributed by atoms with Crippen LogP contribution in [0.5, 0.6) is 17.2 Å². The number of alkyl halides is 5. The molecule has 0 spiro atoms. The number of methoxy groups -OCH3 is 3. The van der Waals surface area contributed by atoms with Crippen molar-refractivity contribution in [3.05, 3.63) is 203 Å². The first-order chi connectivity index (χ1) is 58.6. The Bertz CT molecular complexity index is 5890. The molecule has 29 nitrogen and oxygen atoms in total. The van der Waals surface area contributed by atoms with Crippen molar-refractivity contribution in [3.63, 3.8) is 0 Å². The highest BCUT2D eigenvalue weighted by atomic mass is 32.2. The lowest BCUT2D eigenvalue weighted by atomic mass is 10.1. The maximum Gasteiger partial charge on any atom is 0.406 e. The van der Waals surface area contributed by atoms with Crippen LogP contribution in [0.1, 0.15) is 13.8 Å². The average molecular weight is 1710 g/mol. The Morgan fingerprint density at radius 1 is 0.455 bits per heavy atom. The van der Waals surface area contributed by atoms with Gasteiger partial charge in [-0.3, -0.25) is 14.4 Å². The number of nitrogens with zero attached hydrogens (tertiary/aromatic N) is 15. The Morgan fingerprint density at radius 2 is 0.772 bits per heavy atom. The molecule has 12 aromatic rings. The van der Waals surface area contributed by atoms with Gasteiger partial charge in [-0.1, -0.05) is 74.3 Å². The molecule has 6 aromatic heterocycles. The van der Waals surface area contributed by atoms with E-state index in [9.17, 15) is 44.8 Å². The molecule has 0 aliphatic heterocycles. The molecule has 0 saturated carbocycles. The van der Waals surface area contributed by atoms with E-state index < -0.39 is 41.0 Å². The van der Waals surface area contributed by atoms with Crippen molar-refractivity contribution in [2.75, 3.05) is 171 Å². The molecule has 0 atom stereocenters. The number of fused-ring (bicyclic) bond motifs is 3. The zero-order valence-corrected chi connectivity index (χ0v) is 71.8. The Morgan fingerprint density at radius 3 is 1.09 bits per heavy atom. The van der Waals surface area contributed by atoms with E-state index in [4.69, 9.17) is 19.2 Å². The fourth-order valence-corrected chi connectivity index (χ4v) is 14.2. The third-order valence-electron chi connectivity index (χ3n) is 19.5. The van der Waals surface area contributed by atoms with Gasteiger partial charge in [-0.05, 0) is 129 Å². The zero-order valence-electron chi connectivity index (χ0n) is 71.0. The summed E-state index contributed by atoms with van der Waals surface area (Å²) in [4.78, 5) is 76.1. The molecule has 0 aliphatic rings. The lowest BCUT2D eigenvalue weighted by Gasteiger charge is -2.26. The van der Waals surface area contributed by atoms with Crippen molar-refractivity contribution in [2.24, 2.45) is 0 Å². The minimum atomic E-state index is -4.38. The van der Waals surface area contributed by atoms with Crippen LogP contribution in [0.3, 0.4) is 0 Å². The fourth-order valence-electron chi connectivity index (χ4n) is 13.1. The second-order valence-electron chi connectivity index (χ2n) is 29.5. The molecular formula is C88H102F5N21O8S. The first kappa shape index (κ1) is 91.8. The first-order valence-electron chi connectivity index (χ1n) is 38.8. The van der Waals surface area contributed by atoms with Crippen LogP contribution in [0.4, 0.5) is 91.0 Å². The highest BCUT2D eigenvalue weighted by Crippen LogP contribution is 2.43. The van der Waals surface area contributed by atoms with Crippen LogP contribution < -0.4 is 60.8 Å². The van der Waals surface area contributed by atoms with Crippen LogP contribution >= 0.6 is 0 Å². The molecule has 0 saturated heterocycles. The van der Waals surface area contributed by atoms with Crippen LogP contribution in [-0.4, -0.2) is 226 Å². The summed E-state index contributed by atoms with van der Waals surface area (Å²) in [7, 11) is 18.8. The normalized spacial score (nSPS) is 11.4. The van der Waals surface area contributed by atoms with Gasteiger partial charge in [0.1, 0.15) is 23.8 Å². The third kappa shape index (κ3) is 23.4. The molecule has 6 aromatic carbocycles. The maximum absolute atomic E-state index is 13.2. The Kier molecular flexibility index (Phi) is 30.7. The summed E-state index contributed by atoms with van der Waals surface area (Å²) in [5.41, 5.74) is 10.6. The molecule has 35 heteroatoms. The van der Waals surface area contributed by atoms with Gasteiger partial charge in [0.15, 0.2) is 0 Å². The number of aromatic nitrogens is 9. The molecule has 12 rings (SSSR count). The lowest BCUT2D eigenvalue weighted by Crippen LogP contribution is -2.29. The number of rotatable bonds is 35. The van der Waals surface area contributed by atoms with Crippen LogP contribution in [0.2, 0.25) is 0 Å². The van der Waals surface area contributed by atoms with Gasteiger partial charge < -0.3 is 84.6 Å². The van der Waals surface area contributed by atoms with Crippen LogP contribution in [0.25, 0.3) is 66.5 Å². The van der Waals surface area contributed by atoms with E-state index in [1.807, 2.05) is 133 Å². The number of hydrogen-bond acceptors (Lipinski definition) is 23. The number of carbonyl (C=O) groups is 3. The van der Waals surface area contributed by atoms with E-state index in [1.54, 1.807) is 126 Å². The summed E-state index contributed by atoms with van der Waals surface area (Å²) in [6.07, 6.45) is 6.20. The molecule has 3 amide bonds. The van der Waals surface area contributed by atoms with Crippen LogP contribution in [-0.2, 0) is 37.5 Å². The highest BCUT2D eigenvalue weighted by molar-refractivity contribution is 7.90. The van der Waals surface area contributed by atoms with Crippen LogP contribution in [0.15, 0.2) is 203 Å². The van der Waals surface area contributed by atoms with Crippen LogP contribution in [0, 0.1) is 0 Å². The monoisotopic (exact) mass is 1710 g/mol. The molecule has 0 unspecified atom stereocenters. The Balaban J connectivity index is 0.000000193. The van der Waals surface area contributed by atoms with Gasteiger partial charge in [0, 0.05) is 160 Å². The summed E-state index contributed by atoms with van der Waals surface area (Å²) in [5, 5.41) is 19.7. The summed E-state index contributed by atoms with van der Waals surface area (Å²) >= 11 is 0. The first-order valence-corrected chi connectivity index (χ1v) is 40.4. The van der Waals surface area contributed by atoms with E-state index in [-0.39, 0.29) is 35.6 Å². The van der Waals surface area contributed by atoms with Crippen molar-refractivity contribution in [1.82, 2.24) is 57.7 Å². The van der Waals surface area contributed by atoms with Crippen molar-refractivity contribution in [1.29, 1.82) is 0 Å². The van der Waals surface area contributed by atoms with Gasteiger partial charge >= 0.3 is 6.18 Å². The van der Waals surface area contributed by atoms with Gasteiger partial charge in [0.25, 0.3) is 6.43 Å². The lowest BCUT2D eigenvalue weighted by molar-refractivity contribution is -0.139. The van der Waals surface area contributed by atoms with Crippen molar-refractivity contribution >= 4 is 129 Å². The summed E-state index contributed by atoms with van der Waals surface area (Å²) in [6.45, 7) is 17.0. The van der Waals surface area contributed by atoms with Gasteiger partial charge in [0.05, 0.1) is 107 Å². The molecule has 0 aliphatic carbocycles. The third-order valence-corrected chi connectivity index (χ3v) is 21.6. The van der Waals surface area contributed by atoms with Crippen molar-refractivity contribution in [3.8, 4) is 51.0 Å². The fraction of sp³-hybridized carbons (Fsp3) is 0.284. The number of carbonyl (C=O) groups excluding carboxylic acids is 3. The molecule has 123 heavy (non-hydrogen) atoms. The smallest absolute Gasteiger partial charge is 0.406 e. The number of ether oxygens (including phenoxy) is 3. The predicted molar refractivity (Wildman–Crippen MR) is 481 cm³/mol. The predicted octanol–water partition coefficient (Wildman–Crippen LogP) is 15.3. The van der Waals surface area contributed by atoms with Crippen molar-refractivity contribution in [2.45, 2.75) is 44.8 Å². The number of likely N-dealkylation sites (N-methyl/N-ethyl adjacent to an activating group) is 6. The van der Waals surface area contributed by atoms with Crippen molar-refractivity contribution < 1.29 is 59.0 Å². The number of amides is 3.